The largest absolute Gasteiger partial charge is 0.493 e. The second-order valence-corrected chi connectivity index (χ2v) is 3.98. The van der Waals surface area contributed by atoms with E-state index in [9.17, 15) is 0 Å². The van der Waals surface area contributed by atoms with Crippen molar-refractivity contribution in [2.75, 3.05) is 25.2 Å². The van der Waals surface area contributed by atoms with Crippen LogP contribution in [0, 0.1) is 0 Å². The predicted octanol–water partition coefficient (Wildman–Crippen LogP) is 2.51. The van der Waals surface area contributed by atoms with E-state index in [1.165, 1.54) is 0 Å². The van der Waals surface area contributed by atoms with Gasteiger partial charge in [-0.05, 0) is 12.1 Å². The summed E-state index contributed by atoms with van der Waals surface area (Å²) >= 11 is 3.32. The molecule has 2 rings (SSSR count). The number of hydrogen-bond donors (Lipinski definition) is 0. The van der Waals surface area contributed by atoms with Crippen LogP contribution in [0.25, 0.3) is 0 Å². The molecule has 0 radical (unpaired) electrons. The average Bonchev–Trinajstić information content (AvgIpc) is 2.80. The Kier molecular flexibility index (Phi) is 4.00. The summed E-state index contributed by atoms with van der Waals surface area (Å²) in [6.45, 7) is 1.99. The average molecular weight is 273 g/mol. The highest BCUT2D eigenvalue weighted by Gasteiger charge is 2.18. The van der Waals surface area contributed by atoms with Crippen molar-refractivity contribution in [2.24, 2.45) is 0 Å². The molecule has 4 heteroatoms. The van der Waals surface area contributed by atoms with Gasteiger partial charge in [-0.25, -0.2) is 0 Å². The molecule has 0 N–H and O–H groups in total. The molecule has 82 valence electrons. The third-order valence-corrected chi connectivity index (χ3v) is 2.42. The zero-order valence-electron chi connectivity index (χ0n) is 8.32. The Morgan fingerprint density at radius 3 is 2.87 bits per heavy atom. The molecule has 0 saturated carbocycles. The van der Waals surface area contributed by atoms with Crippen LogP contribution < -0.4 is 4.74 Å². The Hall–Kier alpha value is -0.580. The van der Waals surface area contributed by atoms with Gasteiger partial charge in [-0.1, -0.05) is 28.1 Å². The second-order valence-electron chi connectivity index (χ2n) is 3.18. The van der Waals surface area contributed by atoms with E-state index in [4.69, 9.17) is 14.2 Å². The first-order chi connectivity index (χ1) is 7.40. The quantitative estimate of drug-likeness (QED) is 0.789. The second kappa shape index (κ2) is 5.49. The van der Waals surface area contributed by atoms with Gasteiger partial charge in [0.15, 0.2) is 6.29 Å². The Morgan fingerprint density at radius 2 is 2.13 bits per heavy atom. The fourth-order valence-corrected chi connectivity index (χ4v) is 1.62. The highest BCUT2D eigenvalue weighted by Crippen LogP contribution is 2.26. The molecule has 0 bridgehead atoms. The highest BCUT2D eigenvalue weighted by molar-refractivity contribution is 9.09. The SMILES string of the molecule is BrCCOc1cccc(C2OCCO2)c1. The van der Waals surface area contributed by atoms with Crippen molar-refractivity contribution < 1.29 is 14.2 Å². The van der Waals surface area contributed by atoms with E-state index in [2.05, 4.69) is 15.9 Å². The fourth-order valence-electron chi connectivity index (χ4n) is 1.46. The van der Waals surface area contributed by atoms with Crippen LogP contribution in [0.5, 0.6) is 5.75 Å². The molecular formula is C11H13BrO3. The van der Waals surface area contributed by atoms with Gasteiger partial charge >= 0.3 is 0 Å². The van der Waals surface area contributed by atoms with Gasteiger partial charge in [-0.3, -0.25) is 0 Å². The van der Waals surface area contributed by atoms with Crippen molar-refractivity contribution in [3.63, 3.8) is 0 Å². The Morgan fingerprint density at radius 1 is 1.33 bits per heavy atom. The molecule has 0 aromatic heterocycles. The predicted molar refractivity (Wildman–Crippen MR) is 60.4 cm³/mol. The molecule has 1 fully saturated rings. The molecule has 1 aromatic carbocycles. The van der Waals surface area contributed by atoms with Gasteiger partial charge in [0.25, 0.3) is 0 Å². The van der Waals surface area contributed by atoms with Crippen LogP contribution in [0.15, 0.2) is 24.3 Å². The summed E-state index contributed by atoms with van der Waals surface area (Å²) < 4.78 is 16.3. The summed E-state index contributed by atoms with van der Waals surface area (Å²) in [4.78, 5) is 0. The topological polar surface area (TPSA) is 27.7 Å². The fraction of sp³-hybridized carbons (Fsp3) is 0.455. The summed E-state index contributed by atoms with van der Waals surface area (Å²) in [5.41, 5.74) is 1.01. The van der Waals surface area contributed by atoms with E-state index in [1.807, 2.05) is 24.3 Å². The summed E-state index contributed by atoms with van der Waals surface area (Å²) in [5, 5.41) is 0.827. The molecule has 1 aliphatic rings. The molecule has 1 aliphatic heterocycles. The lowest BCUT2D eigenvalue weighted by molar-refractivity contribution is -0.0442. The highest BCUT2D eigenvalue weighted by atomic mass is 79.9. The number of ether oxygens (including phenoxy) is 3. The maximum atomic E-state index is 5.50. The van der Waals surface area contributed by atoms with Crippen LogP contribution >= 0.6 is 15.9 Å². The lowest BCUT2D eigenvalue weighted by atomic mass is 10.2. The molecule has 1 heterocycles. The minimum atomic E-state index is -0.225. The zero-order chi connectivity index (χ0) is 10.5. The number of halogens is 1. The first-order valence-electron chi connectivity index (χ1n) is 4.92. The van der Waals surface area contributed by atoms with Gasteiger partial charge in [0.05, 0.1) is 19.8 Å². The molecular weight excluding hydrogens is 260 g/mol. The molecule has 0 spiro atoms. The lowest BCUT2D eigenvalue weighted by Gasteiger charge is -2.11. The van der Waals surface area contributed by atoms with Gasteiger partial charge < -0.3 is 14.2 Å². The number of alkyl halides is 1. The van der Waals surface area contributed by atoms with E-state index < -0.39 is 0 Å². The van der Waals surface area contributed by atoms with Crippen molar-refractivity contribution in [3.8, 4) is 5.75 Å². The monoisotopic (exact) mass is 272 g/mol. The molecule has 0 unspecified atom stereocenters. The van der Waals surface area contributed by atoms with Crippen molar-refractivity contribution in [1.82, 2.24) is 0 Å². The molecule has 15 heavy (non-hydrogen) atoms. The summed E-state index contributed by atoms with van der Waals surface area (Å²) in [5.74, 6) is 0.853. The maximum absolute atomic E-state index is 5.50. The van der Waals surface area contributed by atoms with E-state index in [0.717, 1.165) is 16.6 Å². The molecule has 0 atom stereocenters. The Bertz CT molecular complexity index is 310. The van der Waals surface area contributed by atoms with E-state index >= 15 is 0 Å². The van der Waals surface area contributed by atoms with Gasteiger partial charge in [0.2, 0.25) is 0 Å². The Labute approximate surface area is 97.5 Å². The van der Waals surface area contributed by atoms with Crippen molar-refractivity contribution in [2.45, 2.75) is 6.29 Å². The summed E-state index contributed by atoms with van der Waals surface area (Å²) in [6.07, 6.45) is -0.225. The van der Waals surface area contributed by atoms with E-state index in [1.54, 1.807) is 0 Å². The molecule has 0 aliphatic carbocycles. The van der Waals surface area contributed by atoms with E-state index in [-0.39, 0.29) is 6.29 Å². The normalized spacial score (nSPS) is 16.9. The molecule has 0 amide bonds. The van der Waals surface area contributed by atoms with Crippen LogP contribution in [0.3, 0.4) is 0 Å². The first kappa shape index (κ1) is 10.9. The van der Waals surface area contributed by atoms with Crippen LogP contribution in [-0.4, -0.2) is 25.2 Å². The number of rotatable bonds is 4. The summed E-state index contributed by atoms with van der Waals surface area (Å²) in [7, 11) is 0. The van der Waals surface area contributed by atoms with Gasteiger partial charge in [0.1, 0.15) is 5.75 Å². The molecule has 3 nitrogen and oxygen atoms in total. The van der Waals surface area contributed by atoms with Gasteiger partial charge in [-0.15, -0.1) is 0 Å². The van der Waals surface area contributed by atoms with Crippen LogP contribution in [-0.2, 0) is 9.47 Å². The lowest BCUT2D eigenvalue weighted by Crippen LogP contribution is -2.01. The Balaban J connectivity index is 2.04. The zero-order valence-corrected chi connectivity index (χ0v) is 9.90. The first-order valence-corrected chi connectivity index (χ1v) is 6.04. The van der Waals surface area contributed by atoms with Crippen LogP contribution in [0.4, 0.5) is 0 Å². The molecule has 1 aromatic rings. The minimum absolute atomic E-state index is 0.225. The van der Waals surface area contributed by atoms with Crippen LogP contribution in [0.1, 0.15) is 11.9 Å². The van der Waals surface area contributed by atoms with Crippen molar-refractivity contribution in [3.05, 3.63) is 29.8 Å². The number of hydrogen-bond acceptors (Lipinski definition) is 3. The number of benzene rings is 1. The van der Waals surface area contributed by atoms with Crippen molar-refractivity contribution >= 4 is 15.9 Å². The standard InChI is InChI=1S/C11H13BrO3/c12-4-5-13-10-3-1-2-9(8-10)11-14-6-7-15-11/h1-3,8,11H,4-7H2. The maximum Gasteiger partial charge on any atom is 0.184 e. The third kappa shape index (κ3) is 2.93. The summed E-state index contributed by atoms with van der Waals surface area (Å²) in [6, 6.07) is 7.82. The van der Waals surface area contributed by atoms with Crippen LogP contribution in [0.2, 0.25) is 0 Å². The smallest absolute Gasteiger partial charge is 0.184 e. The van der Waals surface area contributed by atoms with E-state index in [0.29, 0.717) is 19.8 Å². The minimum Gasteiger partial charge on any atom is -0.493 e. The van der Waals surface area contributed by atoms with Crippen molar-refractivity contribution in [1.29, 1.82) is 0 Å². The van der Waals surface area contributed by atoms with Gasteiger partial charge in [-0.2, -0.15) is 0 Å². The van der Waals surface area contributed by atoms with Gasteiger partial charge in [0, 0.05) is 10.9 Å². The third-order valence-electron chi connectivity index (χ3n) is 2.10. The molecule has 1 saturated heterocycles.